The van der Waals surface area contributed by atoms with Crippen LogP contribution in [0.2, 0.25) is 0 Å². The average molecular weight is 251 g/mol. The Bertz CT molecular complexity index is 287. The smallest absolute Gasteiger partial charge is 0.118 e. The summed E-state index contributed by atoms with van der Waals surface area (Å²) in [5.41, 5.74) is 0.924. The Hall–Kier alpha value is -1.02. The fourth-order valence-electron chi connectivity index (χ4n) is 1.89. The highest BCUT2D eigenvalue weighted by Crippen LogP contribution is 2.17. The Morgan fingerprint density at radius 2 is 1.83 bits per heavy atom. The summed E-state index contributed by atoms with van der Waals surface area (Å²) in [6.07, 6.45) is 3.26. The van der Waals surface area contributed by atoms with E-state index in [1.54, 1.807) is 6.07 Å². The van der Waals surface area contributed by atoms with Gasteiger partial charge in [0.05, 0.1) is 6.61 Å². The molecule has 0 heterocycles. The molecule has 0 saturated heterocycles. The molecule has 0 saturated carbocycles. The van der Waals surface area contributed by atoms with Gasteiger partial charge in [-0.2, -0.15) is 0 Å². The SMILES string of the molecule is CCC(CC[O])CC(C)C.Cc1ccccc1O. The summed E-state index contributed by atoms with van der Waals surface area (Å²) in [6.45, 7) is 8.57. The highest BCUT2D eigenvalue weighted by Gasteiger charge is 2.07. The Kier molecular flexibility index (Phi) is 9.39. The standard InChI is InChI=1S/C9H19O.C7H8O/c1-4-9(5-6-10)7-8(2)3;1-6-4-2-3-5-7(6)8/h8-9H,4-7H2,1-3H3;2-5,8H,1H3. The zero-order chi connectivity index (χ0) is 14.0. The molecule has 1 atom stereocenters. The lowest BCUT2D eigenvalue weighted by atomic mass is 9.92. The fourth-order valence-corrected chi connectivity index (χ4v) is 1.89. The maximum Gasteiger partial charge on any atom is 0.118 e. The molecule has 1 radical (unpaired) electrons. The van der Waals surface area contributed by atoms with Crippen LogP contribution in [0.25, 0.3) is 0 Å². The number of rotatable bonds is 5. The number of aryl methyl sites for hydroxylation is 1. The van der Waals surface area contributed by atoms with E-state index < -0.39 is 0 Å². The molecule has 2 nitrogen and oxygen atoms in total. The largest absolute Gasteiger partial charge is 0.508 e. The lowest BCUT2D eigenvalue weighted by Crippen LogP contribution is -2.04. The van der Waals surface area contributed by atoms with Crippen molar-refractivity contribution in [2.45, 2.75) is 47.0 Å². The summed E-state index contributed by atoms with van der Waals surface area (Å²) in [7, 11) is 0. The third-order valence-electron chi connectivity index (χ3n) is 3.02. The molecular formula is C16H27O2. The van der Waals surface area contributed by atoms with Gasteiger partial charge in [0.15, 0.2) is 0 Å². The van der Waals surface area contributed by atoms with E-state index in [1.807, 2.05) is 25.1 Å². The zero-order valence-corrected chi connectivity index (χ0v) is 12.1. The molecule has 0 spiro atoms. The normalized spacial score (nSPS) is 11.9. The van der Waals surface area contributed by atoms with Crippen LogP contribution in [0, 0.1) is 18.8 Å². The minimum Gasteiger partial charge on any atom is -0.508 e. The van der Waals surface area contributed by atoms with Gasteiger partial charge in [-0.25, -0.2) is 5.11 Å². The second kappa shape index (κ2) is 9.95. The summed E-state index contributed by atoms with van der Waals surface area (Å²) < 4.78 is 0. The van der Waals surface area contributed by atoms with Gasteiger partial charge < -0.3 is 5.11 Å². The summed E-state index contributed by atoms with van der Waals surface area (Å²) in [5.74, 6) is 1.79. The first-order chi connectivity index (χ1) is 8.51. The van der Waals surface area contributed by atoms with Crippen LogP contribution in [0.15, 0.2) is 24.3 Å². The van der Waals surface area contributed by atoms with Gasteiger partial charge in [-0.15, -0.1) is 0 Å². The highest BCUT2D eigenvalue weighted by atomic mass is 16.3. The predicted octanol–water partition coefficient (Wildman–Crippen LogP) is 4.58. The van der Waals surface area contributed by atoms with Crippen molar-refractivity contribution >= 4 is 0 Å². The first kappa shape index (κ1) is 17.0. The van der Waals surface area contributed by atoms with E-state index in [-0.39, 0.29) is 6.61 Å². The maximum atomic E-state index is 10.3. The van der Waals surface area contributed by atoms with Crippen molar-refractivity contribution in [1.29, 1.82) is 0 Å². The molecule has 1 aromatic rings. The van der Waals surface area contributed by atoms with Crippen molar-refractivity contribution in [3.63, 3.8) is 0 Å². The molecule has 1 unspecified atom stereocenters. The van der Waals surface area contributed by atoms with Gasteiger partial charge in [-0.1, -0.05) is 45.4 Å². The van der Waals surface area contributed by atoms with Crippen molar-refractivity contribution in [2.24, 2.45) is 11.8 Å². The first-order valence-electron chi connectivity index (χ1n) is 6.83. The molecule has 1 rings (SSSR count). The van der Waals surface area contributed by atoms with Crippen LogP contribution in [-0.2, 0) is 5.11 Å². The van der Waals surface area contributed by atoms with Crippen LogP contribution in [0.5, 0.6) is 5.75 Å². The van der Waals surface area contributed by atoms with Crippen LogP contribution in [0.4, 0.5) is 0 Å². The van der Waals surface area contributed by atoms with Gasteiger partial charge in [0.1, 0.15) is 5.75 Å². The number of phenolic OH excluding ortho intramolecular Hbond substituents is 1. The minimum absolute atomic E-state index is 0.102. The van der Waals surface area contributed by atoms with E-state index in [0.717, 1.165) is 17.9 Å². The van der Waals surface area contributed by atoms with Gasteiger partial charge in [0.2, 0.25) is 0 Å². The molecule has 0 aromatic heterocycles. The molecule has 103 valence electrons. The number of phenols is 1. The predicted molar refractivity (Wildman–Crippen MR) is 76.3 cm³/mol. The van der Waals surface area contributed by atoms with Crippen LogP contribution in [-0.4, -0.2) is 11.7 Å². The van der Waals surface area contributed by atoms with Crippen LogP contribution in [0.3, 0.4) is 0 Å². The third kappa shape index (κ3) is 8.13. The minimum atomic E-state index is 0.102. The maximum absolute atomic E-state index is 10.3. The number of hydrogen-bond acceptors (Lipinski definition) is 1. The quantitative estimate of drug-likeness (QED) is 0.817. The number of benzene rings is 1. The van der Waals surface area contributed by atoms with Crippen molar-refractivity contribution in [1.82, 2.24) is 0 Å². The molecule has 0 fully saturated rings. The average Bonchev–Trinajstić information content (AvgIpc) is 2.33. The first-order valence-corrected chi connectivity index (χ1v) is 6.83. The lowest BCUT2D eigenvalue weighted by Gasteiger charge is -2.14. The Morgan fingerprint density at radius 1 is 1.22 bits per heavy atom. The van der Waals surface area contributed by atoms with E-state index in [9.17, 15) is 5.11 Å². The van der Waals surface area contributed by atoms with Gasteiger partial charge in [0.25, 0.3) is 0 Å². The van der Waals surface area contributed by atoms with Gasteiger partial charge in [0, 0.05) is 0 Å². The van der Waals surface area contributed by atoms with Crippen LogP contribution < -0.4 is 0 Å². The molecular weight excluding hydrogens is 224 g/mol. The molecule has 0 aliphatic rings. The van der Waals surface area contributed by atoms with Gasteiger partial charge >= 0.3 is 0 Å². The van der Waals surface area contributed by atoms with E-state index in [4.69, 9.17) is 5.11 Å². The van der Waals surface area contributed by atoms with Crippen LogP contribution >= 0.6 is 0 Å². The second-order valence-electron chi connectivity index (χ2n) is 5.18. The Balaban J connectivity index is 0.000000327. The summed E-state index contributed by atoms with van der Waals surface area (Å²) in [6, 6.07) is 7.25. The lowest BCUT2D eigenvalue weighted by molar-refractivity contribution is 0.163. The van der Waals surface area contributed by atoms with E-state index >= 15 is 0 Å². The molecule has 0 amide bonds. The van der Waals surface area contributed by atoms with Gasteiger partial charge in [-0.3, -0.25) is 0 Å². The Labute approximate surface area is 112 Å². The number of aromatic hydroxyl groups is 1. The van der Waals surface area contributed by atoms with Crippen LogP contribution in [0.1, 0.15) is 45.6 Å². The summed E-state index contributed by atoms with van der Waals surface area (Å²) >= 11 is 0. The zero-order valence-electron chi connectivity index (χ0n) is 12.1. The van der Waals surface area contributed by atoms with E-state index in [1.165, 1.54) is 12.8 Å². The molecule has 2 heteroatoms. The van der Waals surface area contributed by atoms with E-state index in [2.05, 4.69) is 20.8 Å². The van der Waals surface area contributed by atoms with Crippen molar-refractivity contribution in [3.05, 3.63) is 29.8 Å². The summed E-state index contributed by atoms with van der Waals surface area (Å²) in [4.78, 5) is 0. The monoisotopic (exact) mass is 251 g/mol. The molecule has 0 aliphatic heterocycles. The topological polar surface area (TPSA) is 40.1 Å². The van der Waals surface area contributed by atoms with Crippen molar-refractivity contribution in [2.75, 3.05) is 6.61 Å². The van der Waals surface area contributed by atoms with Crippen molar-refractivity contribution in [3.8, 4) is 5.75 Å². The molecule has 1 aromatic carbocycles. The third-order valence-corrected chi connectivity index (χ3v) is 3.02. The molecule has 0 aliphatic carbocycles. The summed E-state index contributed by atoms with van der Waals surface area (Å²) in [5, 5.41) is 19.2. The second-order valence-corrected chi connectivity index (χ2v) is 5.18. The number of para-hydroxylation sites is 1. The van der Waals surface area contributed by atoms with Crippen molar-refractivity contribution < 1.29 is 10.2 Å². The molecule has 1 N–H and O–H groups in total. The Morgan fingerprint density at radius 3 is 2.17 bits per heavy atom. The van der Waals surface area contributed by atoms with E-state index in [0.29, 0.717) is 11.7 Å². The highest BCUT2D eigenvalue weighted by molar-refractivity contribution is 5.29. The molecule has 0 bridgehead atoms. The fraction of sp³-hybridized carbons (Fsp3) is 0.625. The van der Waals surface area contributed by atoms with Gasteiger partial charge in [-0.05, 0) is 43.2 Å². The molecule has 18 heavy (non-hydrogen) atoms. The number of hydrogen-bond donors (Lipinski definition) is 1.